The van der Waals surface area contributed by atoms with Crippen molar-refractivity contribution < 1.29 is 9.59 Å². The van der Waals surface area contributed by atoms with Gasteiger partial charge in [0.15, 0.2) is 0 Å². The van der Waals surface area contributed by atoms with Crippen molar-refractivity contribution in [1.29, 1.82) is 0 Å². The zero-order chi connectivity index (χ0) is 19.1. The second kappa shape index (κ2) is 9.21. The average Bonchev–Trinajstić information content (AvgIpc) is 2.72. The molecular formula is C20H16ClN3O2S. The number of carbonyl (C=O) groups excluding carboxylic acids is 2. The number of carbonyl (C=O) groups is 2. The average molecular weight is 398 g/mol. The SMILES string of the molecule is O=C(NNC(=O)c1ccccn1)c1ccc(CSc2ccc(Cl)cc2)cc1. The van der Waals surface area contributed by atoms with Crippen LogP contribution in [0.15, 0.2) is 77.8 Å². The van der Waals surface area contributed by atoms with Crippen LogP contribution in [0.2, 0.25) is 5.02 Å². The number of nitrogens with zero attached hydrogens (tertiary/aromatic N) is 1. The molecule has 0 bridgehead atoms. The predicted molar refractivity (Wildman–Crippen MR) is 107 cm³/mol. The summed E-state index contributed by atoms with van der Waals surface area (Å²) in [7, 11) is 0. The van der Waals surface area contributed by atoms with E-state index < -0.39 is 11.8 Å². The van der Waals surface area contributed by atoms with Crippen LogP contribution in [0.25, 0.3) is 0 Å². The number of amides is 2. The van der Waals surface area contributed by atoms with E-state index in [1.54, 1.807) is 42.1 Å². The number of thioether (sulfide) groups is 1. The summed E-state index contributed by atoms with van der Waals surface area (Å²) in [6.07, 6.45) is 1.51. The minimum absolute atomic E-state index is 0.229. The highest BCUT2D eigenvalue weighted by molar-refractivity contribution is 7.98. The summed E-state index contributed by atoms with van der Waals surface area (Å²) in [4.78, 5) is 29.1. The lowest BCUT2D eigenvalue weighted by atomic mass is 10.1. The molecule has 3 aromatic rings. The maximum absolute atomic E-state index is 12.1. The van der Waals surface area contributed by atoms with E-state index in [4.69, 9.17) is 11.6 Å². The number of hydrogen-bond donors (Lipinski definition) is 2. The molecule has 0 aliphatic rings. The minimum Gasteiger partial charge on any atom is -0.267 e. The van der Waals surface area contributed by atoms with E-state index in [-0.39, 0.29) is 5.69 Å². The Morgan fingerprint density at radius 1 is 0.889 bits per heavy atom. The van der Waals surface area contributed by atoms with Gasteiger partial charge in [0, 0.05) is 27.4 Å². The molecule has 2 aromatic carbocycles. The highest BCUT2D eigenvalue weighted by Crippen LogP contribution is 2.24. The molecule has 2 amide bonds. The molecule has 3 rings (SSSR count). The smallest absolute Gasteiger partial charge is 0.267 e. The van der Waals surface area contributed by atoms with Crippen LogP contribution < -0.4 is 10.9 Å². The molecule has 2 N–H and O–H groups in total. The lowest BCUT2D eigenvalue weighted by Crippen LogP contribution is -2.41. The zero-order valence-corrected chi connectivity index (χ0v) is 15.8. The van der Waals surface area contributed by atoms with Crippen molar-refractivity contribution in [3.8, 4) is 0 Å². The molecule has 27 heavy (non-hydrogen) atoms. The summed E-state index contributed by atoms with van der Waals surface area (Å²) in [5.41, 5.74) is 6.50. The van der Waals surface area contributed by atoms with Gasteiger partial charge in [0.2, 0.25) is 0 Å². The van der Waals surface area contributed by atoms with Gasteiger partial charge >= 0.3 is 0 Å². The molecule has 0 saturated carbocycles. The molecule has 0 unspecified atom stereocenters. The first-order valence-electron chi connectivity index (χ1n) is 8.11. The van der Waals surface area contributed by atoms with Gasteiger partial charge in [-0.25, -0.2) is 0 Å². The topological polar surface area (TPSA) is 71.1 Å². The van der Waals surface area contributed by atoms with Crippen molar-refractivity contribution in [2.45, 2.75) is 10.6 Å². The third-order valence-corrected chi connectivity index (χ3v) is 4.96. The molecule has 0 atom stereocenters. The van der Waals surface area contributed by atoms with Crippen molar-refractivity contribution in [2.75, 3.05) is 0 Å². The highest BCUT2D eigenvalue weighted by Gasteiger charge is 2.09. The van der Waals surface area contributed by atoms with Gasteiger partial charge in [0.25, 0.3) is 11.8 Å². The summed E-state index contributed by atoms with van der Waals surface area (Å²) < 4.78 is 0. The van der Waals surface area contributed by atoms with Crippen LogP contribution in [0.1, 0.15) is 26.4 Å². The Labute approximate surface area is 166 Å². The Bertz CT molecular complexity index is 916. The first-order valence-corrected chi connectivity index (χ1v) is 9.47. The molecule has 7 heteroatoms. The number of hydrogen-bond acceptors (Lipinski definition) is 4. The number of benzene rings is 2. The summed E-state index contributed by atoms with van der Waals surface area (Å²) >= 11 is 7.56. The van der Waals surface area contributed by atoms with E-state index in [1.807, 2.05) is 36.4 Å². The maximum Gasteiger partial charge on any atom is 0.288 e. The molecular weight excluding hydrogens is 382 g/mol. The van der Waals surface area contributed by atoms with Gasteiger partial charge in [-0.3, -0.25) is 25.4 Å². The first kappa shape index (κ1) is 18.9. The largest absolute Gasteiger partial charge is 0.288 e. The summed E-state index contributed by atoms with van der Waals surface area (Å²) in [6, 6.07) is 19.9. The molecule has 0 saturated heterocycles. The third kappa shape index (κ3) is 5.57. The van der Waals surface area contributed by atoms with E-state index in [9.17, 15) is 9.59 Å². The van der Waals surface area contributed by atoms with Crippen molar-refractivity contribution in [1.82, 2.24) is 15.8 Å². The Kier molecular flexibility index (Phi) is 6.46. The Morgan fingerprint density at radius 3 is 2.26 bits per heavy atom. The maximum atomic E-state index is 12.1. The molecule has 0 spiro atoms. The number of halogens is 1. The fraction of sp³-hybridized carbons (Fsp3) is 0.0500. The van der Waals surface area contributed by atoms with E-state index in [0.29, 0.717) is 10.6 Å². The second-order valence-corrected chi connectivity index (χ2v) is 7.05. The summed E-state index contributed by atoms with van der Waals surface area (Å²) in [5, 5.41) is 0.713. The van der Waals surface area contributed by atoms with E-state index >= 15 is 0 Å². The van der Waals surface area contributed by atoms with Gasteiger partial charge in [-0.15, -0.1) is 11.8 Å². The molecule has 0 radical (unpaired) electrons. The minimum atomic E-state index is -0.472. The first-order chi connectivity index (χ1) is 13.1. The van der Waals surface area contributed by atoms with Gasteiger partial charge in [-0.2, -0.15) is 0 Å². The number of aromatic nitrogens is 1. The Hall–Kier alpha value is -2.83. The van der Waals surface area contributed by atoms with Crippen LogP contribution in [0.3, 0.4) is 0 Å². The van der Waals surface area contributed by atoms with Crippen LogP contribution in [0.5, 0.6) is 0 Å². The van der Waals surface area contributed by atoms with Gasteiger partial charge in [-0.05, 0) is 54.1 Å². The van der Waals surface area contributed by atoms with E-state index in [1.165, 1.54) is 6.20 Å². The lowest BCUT2D eigenvalue weighted by molar-refractivity contribution is 0.0844. The fourth-order valence-electron chi connectivity index (χ4n) is 2.20. The van der Waals surface area contributed by atoms with Crippen LogP contribution in [0, 0.1) is 0 Å². The normalized spacial score (nSPS) is 10.3. The molecule has 0 fully saturated rings. The molecule has 0 aliphatic heterocycles. The molecule has 136 valence electrons. The third-order valence-electron chi connectivity index (χ3n) is 3.62. The predicted octanol–water partition coefficient (Wildman–Crippen LogP) is 4.10. The quantitative estimate of drug-likeness (QED) is 0.502. The standard InChI is InChI=1S/C20H16ClN3O2S/c21-16-8-10-17(11-9-16)27-13-14-4-6-15(7-5-14)19(25)23-24-20(26)18-3-1-2-12-22-18/h1-12H,13H2,(H,23,25)(H,24,26). The van der Waals surface area contributed by atoms with Gasteiger partial charge in [0.05, 0.1) is 0 Å². The van der Waals surface area contributed by atoms with Gasteiger partial charge in [-0.1, -0.05) is 29.8 Å². The van der Waals surface area contributed by atoms with E-state index in [2.05, 4.69) is 15.8 Å². The highest BCUT2D eigenvalue weighted by atomic mass is 35.5. The molecule has 1 heterocycles. The molecule has 0 aliphatic carbocycles. The van der Waals surface area contributed by atoms with Crippen molar-refractivity contribution in [2.24, 2.45) is 0 Å². The van der Waals surface area contributed by atoms with E-state index in [0.717, 1.165) is 16.2 Å². The Balaban J connectivity index is 1.51. The summed E-state index contributed by atoms with van der Waals surface area (Å²) in [6.45, 7) is 0. The number of nitrogens with one attached hydrogen (secondary N) is 2. The second-order valence-electron chi connectivity index (χ2n) is 5.56. The monoisotopic (exact) mass is 397 g/mol. The van der Waals surface area contributed by atoms with Crippen LogP contribution in [-0.4, -0.2) is 16.8 Å². The molecule has 1 aromatic heterocycles. The van der Waals surface area contributed by atoms with Crippen molar-refractivity contribution in [3.63, 3.8) is 0 Å². The van der Waals surface area contributed by atoms with Gasteiger partial charge in [0.1, 0.15) is 5.69 Å². The number of hydrazine groups is 1. The van der Waals surface area contributed by atoms with Crippen molar-refractivity contribution >= 4 is 35.2 Å². The number of rotatable bonds is 5. The van der Waals surface area contributed by atoms with Crippen molar-refractivity contribution in [3.05, 3.63) is 94.8 Å². The Morgan fingerprint density at radius 2 is 1.59 bits per heavy atom. The summed E-state index contributed by atoms with van der Waals surface area (Å²) in [5.74, 6) is -0.0870. The lowest BCUT2D eigenvalue weighted by Gasteiger charge is -2.08. The molecule has 5 nitrogen and oxygen atoms in total. The zero-order valence-electron chi connectivity index (χ0n) is 14.2. The fourth-order valence-corrected chi connectivity index (χ4v) is 3.18. The van der Waals surface area contributed by atoms with Crippen LogP contribution in [-0.2, 0) is 5.75 Å². The van der Waals surface area contributed by atoms with Crippen LogP contribution in [0.4, 0.5) is 0 Å². The van der Waals surface area contributed by atoms with Gasteiger partial charge < -0.3 is 0 Å². The number of pyridine rings is 1. The van der Waals surface area contributed by atoms with Crippen LogP contribution >= 0.6 is 23.4 Å².